The van der Waals surface area contributed by atoms with E-state index in [9.17, 15) is 4.79 Å². The summed E-state index contributed by atoms with van der Waals surface area (Å²) in [6.07, 6.45) is 1.69. The fourth-order valence-electron chi connectivity index (χ4n) is 1.79. The zero-order valence-corrected chi connectivity index (χ0v) is 12.6. The van der Waals surface area contributed by atoms with Gasteiger partial charge in [-0.3, -0.25) is 0 Å². The molecule has 0 heterocycles. The van der Waals surface area contributed by atoms with Gasteiger partial charge in [0, 0.05) is 19.7 Å². The molecule has 2 amide bonds. The molecule has 0 fully saturated rings. The molecule has 0 spiro atoms. The van der Waals surface area contributed by atoms with Crippen LogP contribution in [0, 0.1) is 16.7 Å². The molecule has 0 aliphatic rings. The summed E-state index contributed by atoms with van der Waals surface area (Å²) in [4.78, 5) is 11.6. The molecule has 0 aromatic heterocycles. The Hall–Kier alpha value is -2.06. The summed E-state index contributed by atoms with van der Waals surface area (Å²) in [5.74, 6) is 0. The highest BCUT2D eigenvalue weighted by Gasteiger charge is 2.15. The zero-order valence-electron chi connectivity index (χ0n) is 12.6. The second-order valence-corrected chi connectivity index (χ2v) is 5.84. The molecule has 3 N–H and O–H groups in total. The highest BCUT2D eigenvalue weighted by atomic mass is 16.3. The number of aliphatic hydroxyl groups excluding tert-OH is 1. The third-order valence-corrected chi connectivity index (χ3v) is 3.28. The Labute approximate surface area is 126 Å². The van der Waals surface area contributed by atoms with Gasteiger partial charge in [0.25, 0.3) is 0 Å². The molecule has 5 nitrogen and oxygen atoms in total. The van der Waals surface area contributed by atoms with E-state index in [1.54, 1.807) is 12.1 Å². The van der Waals surface area contributed by atoms with Crippen molar-refractivity contribution in [3.8, 4) is 6.07 Å². The molecule has 0 saturated carbocycles. The van der Waals surface area contributed by atoms with Crippen molar-refractivity contribution in [3.05, 3.63) is 35.4 Å². The van der Waals surface area contributed by atoms with Gasteiger partial charge in [-0.25, -0.2) is 4.79 Å². The largest absolute Gasteiger partial charge is 0.396 e. The number of carbonyl (C=O) groups is 1. The van der Waals surface area contributed by atoms with E-state index in [-0.39, 0.29) is 18.1 Å². The van der Waals surface area contributed by atoms with Crippen molar-refractivity contribution in [2.45, 2.75) is 33.2 Å². The van der Waals surface area contributed by atoms with Crippen LogP contribution in [0.25, 0.3) is 0 Å². The maximum Gasteiger partial charge on any atom is 0.315 e. The van der Waals surface area contributed by atoms with E-state index in [4.69, 9.17) is 10.4 Å². The Kier molecular flexibility index (Phi) is 6.70. The summed E-state index contributed by atoms with van der Waals surface area (Å²) < 4.78 is 0. The van der Waals surface area contributed by atoms with Crippen molar-refractivity contribution in [1.82, 2.24) is 10.6 Å². The van der Waals surface area contributed by atoms with Gasteiger partial charge in [0.2, 0.25) is 0 Å². The molecule has 21 heavy (non-hydrogen) atoms. The van der Waals surface area contributed by atoms with Crippen molar-refractivity contribution >= 4 is 6.03 Å². The SMILES string of the molecule is CC(C)(CO)CCCNC(=O)NCc1ccc(C#N)cc1. The molecule has 5 heteroatoms. The molecule has 0 bridgehead atoms. The Morgan fingerprint density at radius 1 is 1.29 bits per heavy atom. The van der Waals surface area contributed by atoms with Gasteiger partial charge in [0.1, 0.15) is 0 Å². The number of urea groups is 1. The highest BCUT2D eigenvalue weighted by molar-refractivity contribution is 5.73. The lowest BCUT2D eigenvalue weighted by Crippen LogP contribution is -2.36. The van der Waals surface area contributed by atoms with Gasteiger partial charge in [-0.2, -0.15) is 5.26 Å². The third kappa shape index (κ3) is 6.77. The summed E-state index contributed by atoms with van der Waals surface area (Å²) in [5.41, 5.74) is 1.46. The van der Waals surface area contributed by atoms with Gasteiger partial charge in [0.15, 0.2) is 0 Å². The van der Waals surface area contributed by atoms with Crippen molar-refractivity contribution in [3.63, 3.8) is 0 Å². The molecule has 0 saturated heterocycles. The number of carbonyl (C=O) groups excluding carboxylic acids is 1. The number of nitriles is 1. The van der Waals surface area contributed by atoms with E-state index in [1.807, 2.05) is 26.0 Å². The molecule has 1 aromatic carbocycles. The van der Waals surface area contributed by atoms with Crippen LogP contribution in [0.3, 0.4) is 0 Å². The number of nitrogens with one attached hydrogen (secondary N) is 2. The minimum absolute atomic E-state index is 0.0966. The van der Waals surface area contributed by atoms with Crippen LogP contribution >= 0.6 is 0 Å². The average molecular weight is 289 g/mol. The van der Waals surface area contributed by atoms with Crippen molar-refractivity contribution in [2.75, 3.05) is 13.2 Å². The van der Waals surface area contributed by atoms with Crippen LogP contribution in [0.2, 0.25) is 0 Å². The Balaban J connectivity index is 2.20. The Morgan fingerprint density at radius 3 is 2.52 bits per heavy atom. The Morgan fingerprint density at radius 2 is 1.95 bits per heavy atom. The fraction of sp³-hybridized carbons (Fsp3) is 0.500. The van der Waals surface area contributed by atoms with Crippen LogP contribution in [0.5, 0.6) is 0 Å². The number of rotatable bonds is 7. The van der Waals surface area contributed by atoms with Gasteiger partial charge in [0.05, 0.1) is 11.6 Å². The molecular weight excluding hydrogens is 266 g/mol. The van der Waals surface area contributed by atoms with Crippen molar-refractivity contribution < 1.29 is 9.90 Å². The van der Waals surface area contributed by atoms with Crippen LogP contribution in [-0.2, 0) is 6.54 Å². The number of hydrogen-bond acceptors (Lipinski definition) is 3. The first-order chi connectivity index (χ1) is 9.96. The number of hydrogen-bond donors (Lipinski definition) is 3. The molecule has 0 radical (unpaired) electrons. The van der Waals surface area contributed by atoms with Crippen LogP contribution < -0.4 is 10.6 Å². The minimum Gasteiger partial charge on any atom is -0.396 e. The van der Waals surface area contributed by atoms with E-state index < -0.39 is 0 Å². The molecule has 0 aliphatic carbocycles. The predicted molar refractivity (Wildman–Crippen MR) is 81.5 cm³/mol. The number of benzene rings is 1. The van der Waals surface area contributed by atoms with Crippen molar-refractivity contribution in [2.24, 2.45) is 5.41 Å². The lowest BCUT2D eigenvalue weighted by molar-refractivity contribution is 0.148. The number of nitrogens with zero attached hydrogens (tertiary/aromatic N) is 1. The summed E-state index contributed by atoms with van der Waals surface area (Å²) in [6, 6.07) is 8.95. The predicted octanol–water partition coefficient (Wildman–Crippen LogP) is 2.16. The topological polar surface area (TPSA) is 85.2 Å². The first kappa shape index (κ1) is 17.0. The molecule has 0 atom stereocenters. The fourth-order valence-corrected chi connectivity index (χ4v) is 1.79. The first-order valence-electron chi connectivity index (χ1n) is 7.08. The second-order valence-electron chi connectivity index (χ2n) is 5.84. The summed E-state index contributed by atoms with van der Waals surface area (Å²) in [5, 5.41) is 23.4. The molecule has 114 valence electrons. The minimum atomic E-state index is -0.207. The molecular formula is C16H23N3O2. The zero-order chi connectivity index (χ0) is 15.7. The van der Waals surface area contributed by atoms with E-state index in [1.165, 1.54) is 0 Å². The highest BCUT2D eigenvalue weighted by Crippen LogP contribution is 2.20. The maximum absolute atomic E-state index is 11.6. The van der Waals surface area contributed by atoms with Crippen LogP contribution in [0.4, 0.5) is 4.79 Å². The monoisotopic (exact) mass is 289 g/mol. The van der Waals surface area contributed by atoms with Crippen LogP contribution in [0.15, 0.2) is 24.3 Å². The molecule has 0 unspecified atom stereocenters. The van der Waals surface area contributed by atoms with E-state index >= 15 is 0 Å². The molecule has 1 aromatic rings. The quantitative estimate of drug-likeness (QED) is 0.672. The molecule has 0 aliphatic heterocycles. The van der Waals surface area contributed by atoms with Gasteiger partial charge in [-0.15, -0.1) is 0 Å². The van der Waals surface area contributed by atoms with Gasteiger partial charge < -0.3 is 15.7 Å². The lowest BCUT2D eigenvalue weighted by Gasteiger charge is -2.21. The molecule has 1 rings (SSSR count). The van der Waals surface area contributed by atoms with Crippen LogP contribution in [-0.4, -0.2) is 24.3 Å². The maximum atomic E-state index is 11.6. The number of amides is 2. The van der Waals surface area contributed by atoms with E-state index in [0.717, 1.165) is 18.4 Å². The lowest BCUT2D eigenvalue weighted by atomic mass is 9.89. The van der Waals surface area contributed by atoms with E-state index in [2.05, 4.69) is 16.7 Å². The van der Waals surface area contributed by atoms with E-state index in [0.29, 0.717) is 18.7 Å². The van der Waals surface area contributed by atoms with Crippen LogP contribution in [0.1, 0.15) is 37.8 Å². The smallest absolute Gasteiger partial charge is 0.315 e. The summed E-state index contributed by atoms with van der Waals surface area (Å²) in [6.45, 7) is 5.16. The standard InChI is InChI=1S/C16H23N3O2/c1-16(2,12-20)8-3-9-18-15(21)19-11-14-6-4-13(10-17)5-7-14/h4-7,20H,3,8-9,11-12H2,1-2H3,(H2,18,19,21). The van der Waals surface area contributed by atoms with Gasteiger partial charge in [-0.1, -0.05) is 26.0 Å². The normalized spacial score (nSPS) is 10.8. The van der Waals surface area contributed by atoms with Gasteiger partial charge in [-0.05, 0) is 36.0 Å². The second kappa shape index (κ2) is 8.28. The van der Waals surface area contributed by atoms with Crippen molar-refractivity contribution in [1.29, 1.82) is 5.26 Å². The third-order valence-electron chi connectivity index (χ3n) is 3.28. The average Bonchev–Trinajstić information content (AvgIpc) is 2.50. The first-order valence-corrected chi connectivity index (χ1v) is 7.08. The summed E-state index contributed by atoms with van der Waals surface area (Å²) in [7, 11) is 0. The summed E-state index contributed by atoms with van der Waals surface area (Å²) >= 11 is 0. The Bertz CT molecular complexity index is 489. The number of aliphatic hydroxyl groups is 1. The van der Waals surface area contributed by atoms with Gasteiger partial charge >= 0.3 is 6.03 Å².